The summed E-state index contributed by atoms with van der Waals surface area (Å²) in [5, 5.41) is 9.88. The summed E-state index contributed by atoms with van der Waals surface area (Å²) < 4.78 is 0. The summed E-state index contributed by atoms with van der Waals surface area (Å²) >= 11 is 0. The highest BCUT2D eigenvalue weighted by Gasteiger charge is 2.39. The first-order valence-corrected chi connectivity index (χ1v) is 14.6. The number of carboxylic acid groups (broad SMARTS) is 1. The molecule has 41 heavy (non-hydrogen) atoms. The first-order chi connectivity index (χ1) is 18.2. The minimum atomic E-state index is -1.10. The second kappa shape index (κ2) is 13.4. The molecule has 1 rings (SSSR count). The molecular weight excluding hydrogens is 524 g/mol. The van der Waals surface area contributed by atoms with Gasteiger partial charge in [0.05, 0.1) is 16.8 Å². The molecule has 0 aromatic heterocycles. The Morgan fingerprint density at radius 1 is 0.707 bits per heavy atom. The van der Waals surface area contributed by atoms with E-state index in [1.165, 1.54) is 0 Å². The van der Waals surface area contributed by atoms with Gasteiger partial charge in [0.15, 0.2) is 6.10 Å². The minimum Gasteiger partial charge on any atom is -0.479 e. The molecule has 8 heteroatoms. The fourth-order valence-corrected chi connectivity index (χ4v) is 4.65. The molecule has 2 atom stereocenters. The van der Waals surface area contributed by atoms with Gasteiger partial charge in [0.1, 0.15) is 11.2 Å². The van der Waals surface area contributed by atoms with E-state index in [2.05, 4.69) is 19.9 Å². The summed E-state index contributed by atoms with van der Waals surface area (Å²) in [6, 6.07) is 6.12. The third-order valence-corrected chi connectivity index (χ3v) is 6.11. The van der Waals surface area contributed by atoms with Crippen molar-refractivity contribution >= 4 is 5.97 Å². The SMILES string of the molecule is CC(CC(C)(C)Cc1cccc(C(C)(C)OOC(C)(C)C)c1C(C)(C)OOC(C)(C)C)C(OOC(C)(C)C)C(=O)O. The van der Waals surface area contributed by atoms with Crippen molar-refractivity contribution in [2.45, 2.75) is 158 Å². The first-order valence-electron chi connectivity index (χ1n) is 14.6. The molecule has 0 radical (unpaired) electrons. The van der Waals surface area contributed by atoms with Gasteiger partial charge in [0.2, 0.25) is 0 Å². The van der Waals surface area contributed by atoms with E-state index in [4.69, 9.17) is 29.3 Å². The minimum absolute atomic E-state index is 0.306. The molecule has 238 valence electrons. The average molecular weight is 583 g/mol. The van der Waals surface area contributed by atoms with Crippen LogP contribution in [-0.2, 0) is 51.7 Å². The number of benzene rings is 1. The molecule has 0 aliphatic carbocycles. The standard InChI is InChI=1S/C33H58O8/c1-22(26(27(34)35)36-37-28(2,3)4)20-31(11,12)21-23-18-17-19-24(32(13,14)40-38-29(5,6)7)25(23)33(15,16)41-39-30(8,9)10/h17-19,22,26H,20-21H2,1-16H3,(H,34,35). The van der Waals surface area contributed by atoms with Gasteiger partial charge in [0, 0.05) is 0 Å². The first kappa shape index (κ1) is 37.5. The maximum atomic E-state index is 12.1. The topological polar surface area (TPSA) is 92.7 Å². The summed E-state index contributed by atoms with van der Waals surface area (Å²) in [6.07, 6.45) is 0.126. The van der Waals surface area contributed by atoms with Crippen LogP contribution >= 0.6 is 0 Å². The normalized spacial score (nSPS) is 15.6. The molecule has 0 saturated carbocycles. The Morgan fingerprint density at radius 2 is 1.17 bits per heavy atom. The molecule has 0 aliphatic rings. The lowest BCUT2D eigenvalue weighted by Gasteiger charge is -2.38. The number of carboxylic acids is 1. The molecule has 1 N–H and O–H groups in total. The smallest absolute Gasteiger partial charge is 0.336 e. The molecule has 0 saturated heterocycles. The van der Waals surface area contributed by atoms with Gasteiger partial charge in [-0.3, -0.25) is 0 Å². The van der Waals surface area contributed by atoms with Crippen molar-refractivity contribution < 1.29 is 39.2 Å². The van der Waals surface area contributed by atoms with Crippen LogP contribution in [0.2, 0.25) is 0 Å². The van der Waals surface area contributed by atoms with Gasteiger partial charge in [0.25, 0.3) is 0 Å². The highest BCUT2D eigenvalue weighted by atomic mass is 17.2. The van der Waals surface area contributed by atoms with Crippen LogP contribution in [0.5, 0.6) is 0 Å². The second-order valence-corrected chi connectivity index (χ2v) is 16.0. The van der Waals surface area contributed by atoms with Crippen LogP contribution in [0.4, 0.5) is 0 Å². The fourth-order valence-electron chi connectivity index (χ4n) is 4.65. The molecule has 0 amide bonds. The predicted octanol–water partition coefficient (Wildman–Crippen LogP) is 8.45. The summed E-state index contributed by atoms with van der Waals surface area (Å²) in [6.45, 7) is 31.1. The van der Waals surface area contributed by atoms with Crippen molar-refractivity contribution in [2.24, 2.45) is 11.3 Å². The molecule has 0 heterocycles. The highest BCUT2D eigenvalue weighted by molar-refractivity contribution is 5.72. The summed E-state index contributed by atoms with van der Waals surface area (Å²) in [7, 11) is 0. The zero-order valence-electron chi connectivity index (χ0n) is 28.6. The Morgan fingerprint density at radius 3 is 1.61 bits per heavy atom. The summed E-state index contributed by atoms with van der Waals surface area (Å²) in [5.41, 5.74) is -0.693. The number of carbonyl (C=O) groups is 1. The van der Waals surface area contributed by atoms with Crippen molar-refractivity contribution in [1.82, 2.24) is 0 Å². The third kappa shape index (κ3) is 13.1. The third-order valence-electron chi connectivity index (χ3n) is 6.11. The van der Waals surface area contributed by atoms with Crippen molar-refractivity contribution in [2.75, 3.05) is 0 Å². The molecule has 2 unspecified atom stereocenters. The Bertz CT molecular complexity index is 990. The van der Waals surface area contributed by atoms with Crippen molar-refractivity contribution in [1.29, 1.82) is 0 Å². The molecule has 0 bridgehead atoms. The van der Waals surface area contributed by atoms with Gasteiger partial charge in [-0.1, -0.05) is 39.0 Å². The van der Waals surface area contributed by atoms with Crippen LogP contribution in [0.1, 0.15) is 134 Å². The molecule has 1 aromatic carbocycles. The van der Waals surface area contributed by atoms with E-state index < -0.39 is 40.1 Å². The zero-order chi connectivity index (χ0) is 32.2. The van der Waals surface area contributed by atoms with Crippen LogP contribution in [0.3, 0.4) is 0 Å². The number of aliphatic carboxylic acids is 1. The van der Waals surface area contributed by atoms with Crippen LogP contribution in [0, 0.1) is 11.3 Å². The van der Waals surface area contributed by atoms with Crippen LogP contribution in [0.25, 0.3) is 0 Å². The lowest BCUT2D eigenvalue weighted by molar-refractivity contribution is -0.407. The van der Waals surface area contributed by atoms with Gasteiger partial charge in [-0.05, 0) is 131 Å². The molecule has 0 aliphatic heterocycles. The Kier molecular flexibility index (Phi) is 12.2. The number of hydrogen-bond donors (Lipinski definition) is 1. The molecule has 0 fully saturated rings. The van der Waals surface area contributed by atoms with Gasteiger partial charge in [-0.2, -0.15) is 0 Å². The van der Waals surface area contributed by atoms with Crippen molar-refractivity contribution in [3.05, 3.63) is 34.9 Å². The van der Waals surface area contributed by atoms with Crippen molar-refractivity contribution in [3.63, 3.8) is 0 Å². The van der Waals surface area contributed by atoms with E-state index in [0.717, 1.165) is 16.7 Å². The zero-order valence-corrected chi connectivity index (χ0v) is 28.6. The maximum Gasteiger partial charge on any atom is 0.336 e. The lowest BCUT2D eigenvalue weighted by Crippen LogP contribution is -2.37. The summed E-state index contributed by atoms with van der Waals surface area (Å²) in [4.78, 5) is 46.6. The Hall–Kier alpha value is -1.55. The number of rotatable bonds is 14. The van der Waals surface area contributed by atoms with E-state index in [-0.39, 0.29) is 11.3 Å². The quantitative estimate of drug-likeness (QED) is 0.173. The highest BCUT2D eigenvalue weighted by Crippen LogP contribution is 2.42. The van der Waals surface area contributed by atoms with Crippen LogP contribution < -0.4 is 0 Å². The van der Waals surface area contributed by atoms with E-state index in [1.54, 1.807) is 0 Å². The monoisotopic (exact) mass is 582 g/mol. The second-order valence-electron chi connectivity index (χ2n) is 16.0. The van der Waals surface area contributed by atoms with Gasteiger partial charge in [-0.25, -0.2) is 34.1 Å². The van der Waals surface area contributed by atoms with E-state index in [0.29, 0.717) is 12.8 Å². The fraction of sp³-hybridized carbons (Fsp3) is 0.788. The van der Waals surface area contributed by atoms with Gasteiger partial charge >= 0.3 is 5.97 Å². The molecular formula is C33H58O8. The predicted molar refractivity (Wildman–Crippen MR) is 161 cm³/mol. The van der Waals surface area contributed by atoms with E-state index in [1.807, 2.05) is 109 Å². The average Bonchev–Trinajstić information content (AvgIpc) is 2.73. The molecule has 0 spiro atoms. The maximum absolute atomic E-state index is 12.1. The lowest BCUT2D eigenvalue weighted by atomic mass is 9.73. The molecule has 8 nitrogen and oxygen atoms in total. The van der Waals surface area contributed by atoms with E-state index in [9.17, 15) is 9.90 Å². The van der Waals surface area contributed by atoms with Crippen molar-refractivity contribution in [3.8, 4) is 0 Å². The van der Waals surface area contributed by atoms with Crippen LogP contribution in [-0.4, -0.2) is 34.0 Å². The summed E-state index contributed by atoms with van der Waals surface area (Å²) in [5.74, 6) is -1.36. The number of hydrogen-bond acceptors (Lipinski definition) is 7. The Labute approximate surface area is 249 Å². The van der Waals surface area contributed by atoms with Gasteiger partial charge in [-0.15, -0.1) is 0 Å². The Balaban J connectivity index is 3.51. The van der Waals surface area contributed by atoms with Crippen LogP contribution in [0.15, 0.2) is 18.2 Å². The van der Waals surface area contributed by atoms with E-state index >= 15 is 0 Å². The molecule has 1 aromatic rings. The largest absolute Gasteiger partial charge is 0.479 e. The van der Waals surface area contributed by atoms with Gasteiger partial charge < -0.3 is 5.11 Å².